The Balaban J connectivity index is 2.81. The molecule has 1 rings (SSSR count). The largest absolute Gasteiger partial charge is 0.495 e. The van der Waals surface area contributed by atoms with Gasteiger partial charge >= 0.3 is 0 Å². The lowest BCUT2D eigenvalue weighted by Crippen LogP contribution is -2.13. The van der Waals surface area contributed by atoms with Crippen LogP contribution in [0.5, 0.6) is 5.75 Å². The van der Waals surface area contributed by atoms with Crippen LogP contribution < -0.4 is 10.1 Å². The van der Waals surface area contributed by atoms with Crippen molar-refractivity contribution in [3.05, 3.63) is 24.3 Å². The highest BCUT2D eigenvalue weighted by atomic mass is 19.1. The first-order chi connectivity index (χ1) is 6.27. The number of halogens is 1. The minimum Gasteiger partial charge on any atom is -0.495 e. The van der Waals surface area contributed by atoms with Crippen LogP contribution in [0.2, 0.25) is 0 Å². The molecule has 70 valence electrons. The maximum absolute atomic E-state index is 11.9. The van der Waals surface area contributed by atoms with Crippen molar-refractivity contribution in [1.29, 1.82) is 0 Å². The van der Waals surface area contributed by atoms with E-state index in [0.717, 1.165) is 0 Å². The molecule has 0 aliphatic rings. The van der Waals surface area contributed by atoms with Gasteiger partial charge in [0.15, 0.2) is 6.67 Å². The summed E-state index contributed by atoms with van der Waals surface area (Å²) in [5.74, 6) is -0.159. The third-order valence-electron chi connectivity index (χ3n) is 1.50. The van der Waals surface area contributed by atoms with Gasteiger partial charge in [-0.1, -0.05) is 12.1 Å². The molecule has 0 saturated carbocycles. The van der Waals surface area contributed by atoms with Crippen LogP contribution in [0.1, 0.15) is 0 Å². The van der Waals surface area contributed by atoms with Crippen LogP contribution >= 0.6 is 0 Å². The van der Waals surface area contributed by atoms with Crippen molar-refractivity contribution in [3.63, 3.8) is 0 Å². The van der Waals surface area contributed by atoms with Crippen molar-refractivity contribution in [3.8, 4) is 5.75 Å². The van der Waals surface area contributed by atoms with Crippen LogP contribution in [0, 0.1) is 0 Å². The zero-order chi connectivity index (χ0) is 9.68. The van der Waals surface area contributed by atoms with E-state index in [4.69, 9.17) is 4.74 Å². The van der Waals surface area contributed by atoms with Crippen LogP contribution in [0.15, 0.2) is 24.3 Å². The number of hydrogen-bond donors (Lipinski definition) is 1. The van der Waals surface area contributed by atoms with Crippen molar-refractivity contribution in [2.24, 2.45) is 0 Å². The number of carbonyl (C=O) groups is 1. The molecule has 0 heterocycles. The van der Waals surface area contributed by atoms with E-state index < -0.39 is 12.6 Å². The molecule has 0 fully saturated rings. The fourth-order valence-electron chi connectivity index (χ4n) is 0.932. The highest BCUT2D eigenvalue weighted by Crippen LogP contribution is 2.22. The van der Waals surface area contributed by atoms with E-state index in [1.54, 1.807) is 24.3 Å². The van der Waals surface area contributed by atoms with E-state index in [0.29, 0.717) is 11.4 Å². The average molecular weight is 183 g/mol. The average Bonchev–Trinajstić information content (AvgIpc) is 2.18. The van der Waals surface area contributed by atoms with Crippen molar-refractivity contribution >= 4 is 11.6 Å². The molecule has 0 bridgehead atoms. The number of alkyl halides is 1. The van der Waals surface area contributed by atoms with Crippen molar-refractivity contribution in [2.45, 2.75) is 0 Å². The molecule has 13 heavy (non-hydrogen) atoms. The highest BCUT2D eigenvalue weighted by Gasteiger charge is 2.04. The molecule has 0 unspecified atom stereocenters. The monoisotopic (exact) mass is 183 g/mol. The fourth-order valence-corrected chi connectivity index (χ4v) is 0.932. The maximum atomic E-state index is 11.9. The van der Waals surface area contributed by atoms with Gasteiger partial charge in [0.1, 0.15) is 5.75 Å². The van der Waals surface area contributed by atoms with Gasteiger partial charge in [-0.05, 0) is 12.1 Å². The lowest BCUT2D eigenvalue weighted by molar-refractivity contribution is -0.117. The Hall–Kier alpha value is -1.58. The normalized spacial score (nSPS) is 9.38. The number of carbonyl (C=O) groups excluding carboxylic acids is 1. The highest BCUT2D eigenvalue weighted by molar-refractivity contribution is 5.93. The van der Waals surface area contributed by atoms with Crippen LogP contribution in [-0.2, 0) is 4.79 Å². The van der Waals surface area contributed by atoms with E-state index in [-0.39, 0.29) is 0 Å². The van der Waals surface area contributed by atoms with Gasteiger partial charge in [0.05, 0.1) is 12.8 Å². The molecule has 1 aromatic rings. The lowest BCUT2D eigenvalue weighted by atomic mass is 10.3. The topological polar surface area (TPSA) is 38.3 Å². The number of nitrogens with one attached hydrogen (secondary N) is 1. The number of anilines is 1. The summed E-state index contributed by atoms with van der Waals surface area (Å²) in [4.78, 5) is 10.7. The van der Waals surface area contributed by atoms with Crippen molar-refractivity contribution in [1.82, 2.24) is 0 Å². The number of para-hydroxylation sites is 2. The Morgan fingerprint density at radius 2 is 2.23 bits per heavy atom. The van der Waals surface area contributed by atoms with Crippen LogP contribution in [0.4, 0.5) is 10.1 Å². The van der Waals surface area contributed by atoms with Crippen LogP contribution in [0.25, 0.3) is 0 Å². The van der Waals surface area contributed by atoms with E-state index in [9.17, 15) is 9.18 Å². The smallest absolute Gasteiger partial charge is 0.255 e. The summed E-state index contributed by atoms with van der Waals surface area (Å²) >= 11 is 0. The van der Waals surface area contributed by atoms with Crippen molar-refractivity contribution < 1.29 is 13.9 Å². The molecule has 0 radical (unpaired) electrons. The predicted molar refractivity (Wildman–Crippen MR) is 47.6 cm³/mol. The second-order valence-corrected chi connectivity index (χ2v) is 2.38. The zero-order valence-corrected chi connectivity index (χ0v) is 7.21. The molecule has 4 heteroatoms. The molecule has 0 aliphatic heterocycles. The van der Waals surface area contributed by atoms with Gasteiger partial charge in [0, 0.05) is 0 Å². The quantitative estimate of drug-likeness (QED) is 0.773. The number of rotatable bonds is 3. The van der Waals surface area contributed by atoms with Crippen LogP contribution in [0.3, 0.4) is 0 Å². The second kappa shape index (κ2) is 4.45. The first kappa shape index (κ1) is 9.51. The van der Waals surface area contributed by atoms with Gasteiger partial charge in [-0.2, -0.15) is 0 Å². The molecular formula is C9H10FNO2. The van der Waals surface area contributed by atoms with E-state index in [2.05, 4.69) is 5.32 Å². The molecule has 0 aromatic heterocycles. The number of benzene rings is 1. The predicted octanol–water partition coefficient (Wildman–Crippen LogP) is 1.60. The Labute approximate surface area is 75.5 Å². The first-order valence-corrected chi connectivity index (χ1v) is 3.76. The van der Waals surface area contributed by atoms with Gasteiger partial charge in [-0.15, -0.1) is 0 Å². The minimum absolute atomic E-state index is 0.479. The summed E-state index contributed by atoms with van der Waals surface area (Å²) < 4.78 is 16.8. The molecule has 1 N–H and O–H groups in total. The molecule has 1 aromatic carbocycles. The van der Waals surface area contributed by atoms with E-state index in [1.807, 2.05) is 0 Å². The summed E-state index contributed by atoms with van der Waals surface area (Å²) in [6.07, 6.45) is 0. The number of methoxy groups -OCH3 is 1. The van der Waals surface area contributed by atoms with E-state index in [1.165, 1.54) is 7.11 Å². The Morgan fingerprint density at radius 1 is 1.54 bits per heavy atom. The standard InChI is InChI=1S/C9H10FNO2/c1-13-8-5-3-2-4-7(8)11-9(12)6-10/h2-5H,6H2,1H3,(H,11,12). The number of ether oxygens (including phenoxy) is 1. The van der Waals surface area contributed by atoms with Crippen LogP contribution in [-0.4, -0.2) is 19.7 Å². The van der Waals surface area contributed by atoms with Gasteiger partial charge in [-0.3, -0.25) is 4.79 Å². The second-order valence-electron chi connectivity index (χ2n) is 2.38. The Morgan fingerprint density at radius 3 is 2.85 bits per heavy atom. The third-order valence-corrected chi connectivity index (χ3v) is 1.50. The zero-order valence-electron chi connectivity index (χ0n) is 7.21. The van der Waals surface area contributed by atoms with Gasteiger partial charge in [0.25, 0.3) is 5.91 Å². The van der Waals surface area contributed by atoms with Gasteiger partial charge < -0.3 is 10.1 Å². The number of hydrogen-bond acceptors (Lipinski definition) is 2. The summed E-state index contributed by atoms with van der Waals surface area (Å²) in [5, 5.41) is 2.37. The maximum Gasteiger partial charge on any atom is 0.255 e. The Bertz CT molecular complexity index is 301. The SMILES string of the molecule is COc1ccccc1NC(=O)CF. The van der Waals surface area contributed by atoms with Crippen molar-refractivity contribution in [2.75, 3.05) is 19.1 Å². The molecular weight excluding hydrogens is 173 g/mol. The Kier molecular flexibility index (Phi) is 3.25. The molecule has 0 atom stereocenters. The fraction of sp³-hybridized carbons (Fsp3) is 0.222. The molecule has 0 aliphatic carbocycles. The summed E-state index contributed by atoms with van der Waals surface area (Å²) in [6, 6.07) is 6.83. The molecule has 0 saturated heterocycles. The third kappa shape index (κ3) is 2.43. The lowest BCUT2D eigenvalue weighted by Gasteiger charge is -2.07. The first-order valence-electron chi connectivity index (χ1n) is 3.76. The summed E-state index contributed by atoms with van der Waals surface area (Å²) in [6.45, 7) is -1.03. The molecule has 0 spiro atoms. The number of amides is 1. The molecule has 3 nitrogen and oxygen atoms in total. The minimum atomic E-state index is -1.03. The van der Waals surface area contributed by atoms with Gasteiger partial charge in [-0.25, -0.2) is 4.39 Å². The van der Waals surface area contributed by atoms with E-state index >= 15 is 0 Å². The van der Waals surface area contributed by atoms with Gasteiger partial charge in [0.2, 0.25) is 0 Å². The summed E-state index contributed by atoms with van der Waals surface area (Å²) in [7, 11) is 1.49. The summed E-state index contributed by atoms with van der Waals surface area (Å²) in [5.41, 5.74) is 0.479. The molecule has 1 amide bonds.